The molecular weight excluding hydrogens is 190 g/mol. The highest BCUT2D eigenvalue weighted by atomic mass is 32.1. The van der Waals surface area contributed by atoms with Crippen LogP contribution in [0.4, 0.5) is 4.79 Å². The number of piperidine rings is 1. The van der Waals surface area contributed by atoms with Gasteiger partial charge in [0.2, 0.25) is 0 Å². The lowest BCUT2D eigenvalue weighted by Gasteiger charge is -2.17. The van der Waals surface area contributed by atoms with Gasteiger partial charge in [-0.15, -0.1) is 0 Å². The average molecular weight is 207 g/mol. The molecule has 7 N–H and O–H groups in total. The van der Waals surface area contributed by atoms with E-state index in [4.69, 9.17) is 0 Å². The van der Waals surface area contributed by atoms with Crippen LogP contribution in [0.5, 0.6) is 0 Å². The second-order valence-electron chi connectivity index (χ2n) is 2.71. The number of nitrogens with two attached hydrogens (primary N) is 3. The number of primary amides is 1. The van der Waals surface area contributed by atoms with Crippen LogP contribution in [0.1, 0.15) is 19.3 Å². The number of hydrazine groups is 2. The molecule has 1 atom stereocenters. The van der Waals surface area contributed by atoms with Gasteiger partial charge in [0, 0.05) is 0 Å². The van der Waals surface area contributed by atoms with Crippen LogP contribution < -0.4 is 22.7 Å². The van der Waals surface area contributed by atoms with E-state index in [2.05, 4.69) is 35.4 Å². The van der Waals surface area contributed by atoms with Crippen LogP contribution in [-0.2, 0) is 0 Å². The number of amides is 2. The Hall–Kier alpha value is -0.500. The van der Waals surface area contributed by atoms with Gasteiger partial charge in [0.25, 0.3) is 0 Å². The number of nitrogens with one attached hydrogen (secondary N) is 1. The van der Waals surface area contributed by atoms with Crippen molar-refractivity contribution in [3.8, 4) is 0 Å². The zero-order valence-electron chi connectivity index (χ0n) is 7.44. The molecule has 13 heavy (non-hydrogen) atoms. The van der Waals surface area contributed by atoms with Crippen LogP contribution >= 0.6 is 12.6 Å². The number of hydrogen-bond donors (Lipinski definition) is 5. The van der Waals surface area contributed by atoms with Crippen LogP contribution in [0.25, 0.3) is 0 Å². The predicted molar refractivity (Wildman–Crippen MR) is 54.4 cm³/mol. The molecule has 1 aliphatic rings. The number of hydrogen-bond acceptors (Lipinski definition) is 5. The number of carbonyl (C=O) groups is 1. The van der Waals surface area contributed by atoms with Crippen LogP contribution in [0, 0.1) is 0 Å². The Morgan fingerprint density at radius 1 is 1.46 bits per heavy atom. The quantitative estimate of drug-likeness (QED) is 0.154. The maximum absolute atomic E-state index is 9.60. The van der Waals surface area contributed by atoms with Crippen molar-refractivity contribution in [2.75, 3.05) is 6.54 Å². The molecule has 1 fully saturated rings. The van der Waals surface area contributed by atoms with Crippen molar-refractivity contribution in [3.63, 3.8) is 0 Å². The van der Waals surface area contributed by atoms with Crippen molar-refractivity contribution in [1.29, 1.82) is 0 Å². The van der Waals surface area contributed by atoms with E-state index in [1.54, 1.807) is 0 Å². The molecule has 0 aromatic rings. The van der Waals surface area contributed by atoms with E-state index in [-0.39, 0.29) is 0 Å². The SMILES string of the molecule is NC(=O)N(N)N.SC1CCCCN1. The van der Waals surface area contributed by atoms with Crippen molar-refractivity contribution in [3.05, 3.63) is 0 Å². The lowest BCUT2D eigenvalue weighted by Crippen LogP contribution is -2.46. The molecule has 1 aliphatic heterocycles. The van der Waals surface area contributed by atoms with Gasteiger partial charge in [0.1, 0.15) is 0 Å². The van der Waals surface area contributed by atoms with Gasteiger partial charge >= 0.3 is 6.03 Å². The van der Waals surface area contributed by atoms with E-state index >= 15 is 0 Å². The highest BCUT2D eigenvalue weighted by Gasteiger charge is 2.05. The van der Waals surface area contributed by atoms with E-state index in [1.165, 1.54) is 19.3 Å². The largest absolute Gasteiger partial charge is 0.349 e. The summed E-state index contributed by atoms with van der Waals surface area (Å²) in [6, 6.07) is -0.852. The van der Waals surface area contributed by atoms with Crippen molar-refractivity contribution >= 4 is 18.7 Å². The molecular formula is C6H17N5OS. The summed E-state index contributed by atoms with van der Waals surface area (Å²) in [5.74, 6) is 9.14. The topological polar surface area (TPSA) is 110 Å². The summed E-state index contributed by atoms with van der Waals surface area (Å²) < 4.78 is 0. The first-order valence-electron chi connectivity index (χ1n) is 4.04. The summed E-state index contributed by atoms with van der Waals surface area (Å²) in [5, 5.41) is 4.03. The number of rotatable bonds is 0. The van der Waals surface area contributed by atoms with Crippen LogP contribution in [0.2, 0.25) is 0 Å². The molecule has 0 spiro atoms. The smallest absolute Gasteiger partial charge is 0.343 e. The molecule has 7 heteroatoms. The zero-order valence-corrected chi connectivity index (χ0v) is 8.33. The Bertz CT molecular complexity index is 148. The maximum Gasteiger partial charge on any atom is 0.343 e. The van der Waals surface area contributed by atoms with Crippen molar-refractivity contribution in [2.24, 2.45) is 17.4 Å². The summed E-state index contributed by atoms with van der Waals surface area (Å²) in [6.07, 6.45) is 3.92. The fraction of sp³-hybridized carbons (Fsp3) is 0.833. The second kappa shape index (κ2) is 6.96. The third-order valence-corrected chi connectivity index (χ3v) is 1.98. The van der Waals surface area contributed by atoms with Crippen LogP contribution in [0.3, 0.4) is 0 Å². The van der Waals surface area contributed by atoms with Gasteiger partial charge in [-0.25, -0.2) is 16.5 Å². The molecule has 0 bridgehead atoms. The van der Waals surface area contributed by atoms with Crippen molar-refractivity contribution < 1.29 is 4.79 Å². The Labute approximate surface area is 83.2 Å². The molecule has 1 saturated heterocycles. The molecule has 78 valence electrons. The minimum absolute atomic E-state index is 0.306. The third kappa shape index (κ3) is 7.85. The number of urea groups is 1. The molecule has 0 saturated carbocycles. The van der Waals surface area contributed by atoms with Crippen LogP contribution in [-0.4, -0.2) is 23.1 Å². The van der Waals surface area contributed by atoms with Gasteiger partial charge in [-0.3, -0.25) is 0 Å². The lowest BCUT2D eigenvalue weighted by atomic mass is 10.2. The van der Waals surface area contributed by atoms with E-state index in [9.17, 15) is 4.79 Å². The minimum Gasteiger partial charge on any atom is -0.349 e. The van der Waals surface area contributed by atoms with Gasteiger partial charge < -0.3 is 11.1 Å². The Morgan fingerprint density at radius 2 is 2.00 bits per heavy atom. The maximum atomic E-state index is 9.60. The number of nitrogens with zero attached hydrogens (tertiary/aromatic N) is 1. The molecule has 1 rings (SSSR count). The first-order valence-corrected chi connectivity index (χ1v) is 4.56. The zero-order chi connectivity index (χ0) is 10.3. The summed E-state index contributed by atoms with van der Waals surface area (Å²) in [6.45, 7) is 1.16. The standard InChI is InChI=1S/C5H11NS.CH6N4O/c7-5-3-1-2-4-6-5;2-1(6)5(3)4/h5-7H,1-4H2;3-4H2,(H2,2,6). The number of thiol groups is 1. The van der Waals surface area contributed by atoms with Crippen LogP contribution in [0.15, 0.2) is 0 Å². The molecule has 6 nitrogen and oxygen atoms in total. The summed E-state index contributed by atoms with van der Waals surface area (Å²) in [7, 11) is 0. The van der Waals surface area contributed by atoms with Crippen molar-refractivity contribution in [1.82, 2.24) is 10.4 Å². The Morgan fingerprint density at radius 3 is 2.15 bits per heavy atom. The van der Waals surface area contributed by atoms with E-state index in [1.807, 2.05) is 0 Å². The molecule has 0 aliphatic carbocycles. The molecule has 1 heterocycles. The van der Waals surface area contributed by atoms with Gasteiger partial charge in [-0.1, -0.05) is 0 Å². The third-order valence-electron chi connectivity index (χ3n) is 1.54. The summed E-state index contributed by atoms with van der Waals surface area (Å²) in [4.78, 5) is 9.60. The Balaban J connectivity index is 0.000000226. The second-order valence-corrected chi connectivity index (χ2v) is 3.33. The average Bonchev–Trinajstić information content (AvgIpc) is 2.06. The molecule has 0 aromatic carbocycles. The molecule has 1 unspecified atom stereocenters. The van der Waals surface area contributed by atoms with Gasteiger partial charge in [0.15, 0.2) is 0 Å². The molecule has 0 aromatic heterocycles. The van der Waals surface area contributed by atoms with Gasteiger partial charge in [-0.2, -0.15) is 17.7 Å². The molecule has 0 radical (unpaired) electrons. The number of carbonyl (C=O) groups excluding carboxylic acids is 1. The fourth-order valence-electron chi connectivity index (χ4n) is 0.833. The van der Waals surface area contributed by atoms with Crippen molar-refractivity contribution in [2.45, 2.75) is 24.6 Å². The first kappa shape index (κ1) is 12.5. The fourth-order valence-corrected chi connectivity index (χ4v) is 1.15. The van der Waals surface area contributed by atoms with E-state index < -0.39 is 6.03 Å². The van der Waals surface area contributed by atoms with Gasteiger partial charge in [-0.05, 0) is 25.8 Å². The molecule has 2 amide bonds. The minimum atomic E-state index is -0.852. The van der Waals surface area contributed by atoms with E-state index in [0.29, 0.717) is 10.5 Å². The Kier molecular flexibility index (Phi) is 6.69. The summed E-state index contributed by atoms with van der Waals surface area (Å²) in [5.41, 5.74) is 4.47. The van der Waals surface area contributed by atoms with Gasteiger partial charge in [0.05, 0.1) is 5.37 Å². The normalized spacial score (nSPS) is 21.3. The van der Waals surface area contributed by atoms with E-state index in [0.717, 1.165) is 6.54 Å². The summed E-state index contributed by atoms with van der Waals surface area (Å²) >= 11 is 4.25. The highest BCUT2D eigenvalue weighted by Crippen LogP contribution is 2.08. The predicted octanol–water partition coefficient (Wildman–Crippen LogP) is -0.870. The highest BCUT2D eigenvalue weighted by molar-refractivity contribution is 7.80. The lowest BCUT2D eigenvalue weighted by molar-refractivity contribution is 0.210. The monoisotopic (exact) mass is 207 g/mol. The first-order chi connectivity index (χ1) is 6.04.